The molecule has 0 radical (unpaired) electrons. The second kappa shape index (κ2) is 4.82. The first-order valence-corrected chi connectivity index (χ1v) is 6.28. The number of rotatable bonds is 3. The van der Waals surface area contributed by atoms with E-state index >= 15 is 0 Å². The van der Waals surface area contributed by atoms with Gasteiger partial charge in [-0.1, -0.05) is 13.3 Å². The average molecular weight is 207 g/mol. The Morgan fingerprint density at radius 2 is 2.00 bits per heavy atom. The lowest BCUT2D eigenvalue weighted by Gasteiger charge is -2.29. The molecule has 0 bridgehead atoms. The highest BCUT2D eigenvalue weighted by Gasteiger charge is 2.21. The molecule has 1 fully saturated rings. The van der Waals surface area contributed by atoms with Crippen LogP contribution < -0.4 is 5.32 Å². The zero-order valence-electron chi connectivity index (χ0n) is 9.59. The molecule has 0 spiro atoms. The molecule has 0 aromatic heterocycles. The van der Waals surface area contributed by atoms with Crippen LogP contribution in [0.4, 0.5) is 0 Å². The quantitative estimate of drug-likeness (QED) is 0.771. The molecule has 2 nitrogen and oxygen atoms in total. The van der Waals surface area contributed by atoms with Gasteiger partial charge in [0.1, 0.15) is 0 Å². The van der Waals surface area contributed by atoms with E-state index in [-0.39, 0.29) is 0 Å². The van der Waals surface area contributed by atoms with Gasteiger partial charge >= 0.3 is 0 Å². The van der Waals surface area contributed by atoms with Gasteiger partial charge in [-0.05, 0) is 38.0 Å². The normalized spacial score (nSPS) is 31.5. The summed E-state index contributed by atoms with van der Waals surface area (Å²) < 4.78 is 0. The fraction of sp³-hybridized carbons (Fsp3) is 0.769. The Balaban J connectivity index is 1.77. The lowest BCUT2D eigenvalue weighted by atomic mass is 9.84. The topological polar surface area (TPSA) is 29.1 Å². The zero-order chi connectivity index (χ0) is 10.7. The van der Waals surface area contributed by atoms with Gasteiger partial charge in [-0.15, -0.1) is 0 Å². The number of ketones is 1. The number of carbonyl (C=O) groups excluding carboxylic acids is 1. The van der Waals surface area contributed by atoms with E-state index < -0.39 is 0 Å². The highest BCUT2D eigenvalue weighted by Crippen LogP contribution is 2.27. The summed E-state index contributed by atoms with van der Waals surface area (Å²) in [7, 11) is 0. The van der Waals surface area contributed by atoms with Crippen LogP contribution in [0.15, 0.2) is 11.8 Å². The first kappa shape index (κ1) is 10.7. The molecule has 0 saturated heterocycles. The monoisotopic (exact) mass is 207 g/mol. The maximum atomic E-state index is 11.1. The van der Waals surface area contributed by atoms with E-state index in [1.165, 1.54) is 37.8 Å². The number of carbonyl (C=O) groups is 1. The Morgan fingerprint density at radius 3 is 2.53 bits per heavy atom. The van der Waals surface area contributed by atoms with E-state index in [4.69, 9.17) is 0 Å². The van der Waals surface area contributed by atoms with Crippen molar-refractivity contribution in [3.8, 4) is 0 Å². The van der Waals surface area contributed by atoms with Crippen LogP contribution in [0.3, 0.4) is 0 Å². The van der Waals surface area contributed by atoms with Gasteiger partial charge in [-0.2, -0.15) is 0 Å². The zero-order valence-corrected chi connectivity index (χ0v) is 9.59. The van der Waals surface area contributed by atoms with Crippen LogP contribution in [0.25, 0.3) is 0 Å². The minimum atomic E-state index is 0.291. The average Bonchev–Trinajstić information content (AvgIpc) is 2.65. The molecular weight excluding hydrogens is 186 g/mol. The second-order valence-corrected chi connectivity index (χ2v) is 4.91. The molecule has 2 aliphatic carbocycles. The Hall–Kier alpha value is -0.790. The van der Waals surface area contributed by atoms with Crippen LogP contribution in [0.1, 0.15) is 51.9 Å². The SMILES string of the molecule is CCC1CCC(NC2=CC(=O)CC2)CC1. The number of hydrogen-bond donors (Lipinski definition) is 1. The van der Waals surface area contributed by atoms with Crippen LogP contribution in [-0.4, -0.2) is 11.8 Å². The van der Waals surface area contributed by atoms with Gasteiger partial charge in [-0.25, -0.2) is 0 Å². The second-order valence-electron chi connectivity index (χ2n) is 4.91. The maximum Gasteiger partial charge on any atom is 0.157 e. The Labute approximate surface area is 92.1 Å². The third-order valence-corrected chi connectivity index (χ3v) is 3.79. The van der Waals surface area contributed by atoms with Crippen LogP contribution in [-0.2, 0) is 4.79 Å². The molecule has 84 valence electrons. The highest BCUT2D eigenvalue weighted by atomic mass is 16.1. The third-order valence-electron chi connectivity index (χ3n) is 3.79. The Kier molecular flexibility index (Phi) is 3.45. The van der Waals surface area contributed by atoms with Crippen molar-refractivity contribution in [2.45, 2.75) is 57.9 Å². The van der Waals surface area contributed by atoms with E-state index in [0.717, 1.165) is 12.3 Å². The van der Waals surface area contributed by atoms with Gasteiger partial charge < -0.3 is 5.32 Å². The summed E-state index contributed by atoms with van der Waals surface area (Å²) in [5.41, 5.74) is 1.18. The van der Waals surface area contributed by atoms with Crippen molar-refractivity contribution in [2.75, 3.05) is 0 Å². The van der Waals surface area contributed by atoms with Gasteiger partial charge in [0.25, 0.3) is 0 Å². The minimum Gasteiger partial charge on any atom is -0.385 e. The van der Waals surface area contributed by atoms with Crippen molar-refractivity contribution in [1.82, 2.24) is 5.32 Å². The van der Waals surface area contributed by atoms with Crippen molar-refractivity contribution in [3.05, 3.63) is 11.8 Å². The van der Waals surface area contributed by atoms with Crippen molar-refractivity contribution < 1.29 is 4.79 Å². The largest absolute Gasteiger partial charge is 0.385 e. The van der Waals surface area contributed by atoms with E-state index in [9.17, 15) is 4.79 Å². The van der Waals surface area contributed by atoms with E-state index in [0.29, 0.717) is 18.2 Å². The molecule has 2 rings (SSSR count). The lowest BCUT2D eigenvalue weighted by molar-refractivity contribution is -0.114. The fourth-order valence-electron chi connectivity index (χ4n) is 2.69. The predicted octanol–water partition coefficient (Wildman–Crippen LogP) is 2.79. The van der Waals surface area contributed by atoms with E-state index in [2.05, 4.69) is 12.2 Å². The van der Waals surface area contributed by atoms with E-state index in [1.54, 1.807) is 6.08 Å². The van der Waals surface area contributed by atoms with Crippen molar-refractivity contribution in [2.24, 2.45) is 5.92 Å². The molecule has 0 aromatic carbocycles. The van der Waals surface area contributed by atoms with Crippen LogP contribution in [0, 0.1) is 5.92 Å². The fourth-order valence-corrected chi connectivity index (χ4v) is 2.69. The number of allylic oxidation sites excluding steroid dienone is 2. The van der Waals surface area contributed by atoms with Crippen molar-refractivity contribution in [3.63, 3.8) is 0 Å². The molecule has 0 amide bonds. The summed E-state index contributed by atoms with van der Waals surface area (Å²) in [4.78, 5) is 11.1. The minimum absolute atomic E-state index is 0.291. The molecular formula is C13H21NO. The molecule has 1 saturated carbocycles. The molecule has 2 heteroatoms. The Morgan fingerprint density at radius 1 is 1.27 bits per heavy atom. The molecule has 1 N–H and O–H groups in total. The Bertz CT molecular complexity index is 262. The summed E-state index contributed by atoms with van der Waals surface area (Å²) in [5.74, 6) is 1.24. The third kappa shape index (κ3) is 2.83. The molecule has 0 atom stereocenters. The maximum absolute atomic E-state index is 11.1. The molecule has 0 heterocycles. The first-order chi connectivity index (χ1) is 7.28. The smallest absolute Gasteiger partial charge is 0.157 e. The number of nitrogens with one attached hydrogen (secondary N) is 1. The van der Waals surface area contributed by atoms with Crippen molar-refractivity contribution in [1.29, 1.82) is 0 Å². The van der Waals surface area contributed by atoms with Crippen LogP contribution in [0.5, 0.6) is 0 Å². The first-order valence-electron chi connectivity index (χ1n) is 6.28. The summed E-state index contributed by atoms with van der Waals surface area (Å²) in [6.07, 6.45) is 10.1. The molecule has 0 unspecified atom stereocenters. The van der Waals surface area contributed by atoms with Gasteiger partial charge in [0.15, 0.2) is 5.78 Å². The van der Waals surface area contributed by atoms with E-state index in [1.807, 2.05) is 0 Å². The highest BCUT2D eigenvalue weighted by molar-refractivity contribution is 5.92. The van der Waals surface area contributed by atoms with Crippen LogP contribution >= 0.6 is 0 Å². The summed E-state index contributed by atoms with van der Waals surface area (Å²) in [5, 5.41) is 3.53. The van der Waals surface area contributed by atoms with Crippen molar-refractivity contribution >= 4 is 5.78 Å². The summed E-state index contributed by atoms with van der Waals surface area (Å²) >= 11 is 0. The molecule has 15 heavy (non-hydrogen) atoms. The number of hydrogen-bond acceptors (Lipinski definition) is 2. The predicted molar refractivity (Wildman–Crippen MR) is 61.5 cm³/mol. The molecule has 0 aromatic rings. The van der Waals surface area contributed by atoms with Gasteiger partial charge in [-0.3, -0.25) is 4.79 Å². The summed E-state index contributed by atoms with van der Waals surface area (Å²) in [6.45, 7) is 2.29. The lowest BCUT2D eigenvalue weighted by Crippen LogP contribution is -2.32. The molecule has 0 aliphatic heterocycles. The van der Waals surface area contributed by atoms with Gasteiger partial charge in [0.2, 0.25) is 0 Å². The standard InChI is InChI=1S/C13H21NO/c1-2-10-3-5-11(6-4-10)14-12-7-8-13(15)9-12/h9-11,14H,2-8H2,1H3. The van der Waals surface area contributed by atoms with Gasteiger partial charge in [0, 0.05) is 24.2 Å². The summed E-state index contributed by atoms with van der Waals surface area (Å²) in [6, 6.07) is 0.630. The van der Waals surface area contributed by atoms with Gasteiger partial charge in [0.05, 0.1) is 0 Å². The molecule has 2 aliphatic rings. The van der Waals surface area contributed by atoms with Crippen LogP contribution in [0.2, 0.25) is 0 Å².